The van der Waals surface area contributed by atoms with Crippen molar-refractivity contribution in [1.29, 1.82) is 0 Å². The molecule has 0 N–H and O–H groups in total. The molecule has 0 radical (unpaired) electrons. The van der Waals surface area contributed by atoms with Crippen molar-refractivity contribution in [2.24, 2.45) is 0 Å². The van der Waals surface area contributed by atoms with E-state index >= 15 is 0 Å². The lowest BCUT2D eigenvalue weighted by molar-refractivity contribution is -0.136. The Morgan fingerprint density at radius 2 is 1.80 bits per heavy atom. The van der Waals surface area contributed by atoms with Crippen molar-refractivity contribution in [1.82, 2.24) is 0 Å². The minimum Gasteiger partial charge on any atom is -0.466 e. The molecule has 25 heavy (non-hydrogen) atoms. The van der Waals surface area contributed by atoms with Crippen molar-refractivity contribution < 1.29 is 14.0 Å². The average molecular weight is 359 g/mol. The van der Waals surface area contributed by atoms with E-state index in [1.54, 1.807) is 0 Å². The van der Waals surface area contributed by atoms with Gasteiger partial charge in [0.25, 0.3) is 0 Å². The van der Waals surface area contributed by atoms with Crippen molar-refractivity contribution in [3.63, 3.8) is 0 Å². The highest BCUT2D eigenvalue weighted by atomic mass is 28.4. The van der Waals surface area contributed by atoms with E-state index in [4.69, 9.17) is 9.16 Å². The smallest absolute Gasteiger partial charge is 0.333 e. The zero-order chi connectivity index (χ0) is 18.7. The molecule has 2 atom stereocenters. The second-order valence-corrected chi connectivity index (χ2v) is 12.9. The van der Waals surface area contributed by atoms with Crippen LogP contribution < -0.4 is 0 Å². The van der Waals surface area contributed by atoms with Gasteiger partial charge in [0.05, 0.1) is 13.2 Å². The molecule has 0 heterocycles. The van der Waals surface area contributed by atoms with Crippen LogP contribution >= 0.6 is 0 Å². The Balaban J connectivity index is 2.43. The number of rotatable bonds is 4. The molecule has 1 aliphatic rings. The van der Waals surface area contributed by atoms with Crippen LogP contribution in [0.15, 0.2) is 54.1 Å². The number of methoxy groups -OCH3 is 1. The van der Waals surface area contributed by atoms with Crippen LogP contribution in [0.1, 0.15) is 38.7 Å². The van der Waals surface area contributed by atoms with Crippen molar-refractivity contribution in [2.75, 3.05) is 7.11 Å². The first-order valence-corrected chi connectivity index (χ1v) is 11.7. The minimum atomic E-state index is -1.94. The van der Waals surface area contributed by atoms with Gasteiger partial charge in [0, 0.05) is 11.5 Å². The molecule has 1 aromatic rings. The third-order valence-electron chi connectivity index (χ3n) is 5.27. The molecular formula is C21H30O3Si. The van der Waals surface area contributed by atoms with E-state index in [9.17, 15) is 4.79 Å². The lowest BCUT2D eigenvalue weighted by Crippen LogP contribution is -2.44. The standard InChI is InChI=1S/C21H30O3Si/c1-21(2,3)25(5,6)24-19-14-10-13-17(20(22)23-4)15-18(19)16-11-8-7-9-12-16/h7-12,14-15,18-19H,13H2,1-6H3/t18-,19-/m0/s1. The molecule has 1 aromatic carbocycles. The minimum absolute atomic E-state index is 0.00294. The van der Waals surface area contributed by atoms with Crippen molar-refractivity contribution in [2.45, 2.75) is 57.3 Å². The monoisotopic (exact) mass is 358 g/mol. The summed E-state index contributed by atoms with van der Waals surface area (Å²) < 4.78 is 11.7. The fourth-order valence-electron chi connectivity index (χ4n) is 2.70. The van der Waals surface area contributed by atoms with E-state index in [1.165, 1.54) is 7.11 Å². The SMILES string of the molecule is COC(=O)C1=C[C@@H](c2ccccc2)[C@@H](O[Si](C)(C)C(C)(C)C)C=CC1. The van der Waals surface area contributed by atoms with Gasteiger partial charge in [-0.25, -0.2) is 4.79 Å². The fourth-order valence-corrected chi connectivity index (χ4v) is 3.96. The lowest BCUT2D eigenvalue weighted by atomic mass is 9.92. The van der Waals surface area contributed by atoms with Gasteiger partial charge in [-0.1, -0.05) is 69.3 Å². The number of benzene rings is 1. The van der Waals surface area contributed by atoms with Crippen LogP contribution in [0.5, 0.6) is 0 Å². The third-order valence-corrected chi connectivity index (χ3v) is 9.74. The molecule has 0 spiro atoms. The first kappa shape index (κ1) is 19.7. The van der Waals surface area contributed by atoms with Gasteiger partial charge < -0.3 is 9.16 Å². The Labute approximate surface area is 152 Å². The molecule has 0 aromatic heterocycles. The van der Waals surface area contributed by atoms with Gasteiger partial charge in [0.1, 0.15) is 0 Å². The van der Waals surface area contributed by atoms with Crippen LogP contribution in [0.4, 0.5) is 0 Å². The Morgan fingerprint density at radius 3 is 2.36 bits per heavy atom. The van der Waals surface area contributed by atoms with Crippen LogP contribution in [0.25, 0.3) is 0 Å². The largest absolute Gasteiger partial charge is 0.466 e. The molecule has 0 fully saturated rings. The summed E-state index contributed by atoms with van der Waals surface area (Å²) in [5.74, 6) is -0.262. The Hall–Kier alpha value is -1.65. The molecule has 0 aliphatic heterocycles. The van der Waals surface area contributed by atoms with E-state index < -0.39 is 8.32 Å². The predicted octanol–water partition coefficient (Wildman–Crippen LogP) is 5.22. The summed E-state index contributed by atoms with van der Waals surface area (Å²) in [5, 5.41) is 0.128. The number of carbonyl (C=O) groups excluding carboxylic acids is 1. The summed E-state index contributed by atoms with van der Waals surface area (Å²) in [6.45, 7) is 11.3. The van der Waals surface area contributed by atoms with Crippen molar-refractivity contribution in [3.8, 4) is 0 Å². The normalized spacial score (nSPS) is 21.4. The van der Waals surface area contributed by atoms with Gasteiger partial charge in [-0.3, -0.25) is 0 Å². The number of carbonyl (C=O) groups is 1. The van der Waals surface area contributed by atoms with E-state index in [1.807, 2.05) is 30.4 Å². The summed E-state index contributed by atoms with van der Waals surface area (Å²) in [6.07, 6.45) is 6.67. The average Bonchev–Trinajstić information content (AvgIpc) is 2.76. The van der Waals surface area contributed by atoms with Crippen molar-refractivity contribution in [3.05, 3.63) is 59.7 Å². The zero-order valence-corrected chi connectivity index (χ0v) is 17.2. The molecule has 0 amide bonds. The van der Waals surface area contributed by atoms with Crippen LogP contribution in [-0.2, 0) is 14.0 Å². The van der Waals surface area contributed by atoms with Gasteiger partial charge in [-0.15, -0.1) is 0 Å². The third kappa shape index (κ3) is 4.70. The maximum atomic E-state index is 12.1. The molecule has 136 valence electrons. The molecule has 0 saturated carbocycles. The van der Waals surface area contributed by atoms with E-state index in [-0.39, 0.29) is 23.0 Å². The Kier molecular flexibility index (Phi) is 6.06. The molecule has 4 heteroatoms. The number of ether oxygens (including phenoxy) is 1. The second kappa shape index (κ2) is 7.71. The molecule has 0 saturated heterocycles. The van der Waals surface area contributed by atoms with Gasteiger partial charge in [0.15, 0.2) is 8.32 Å². The molecule has 3 nitrogen and oxygen atoms in total. The van der Waals surface area contributed by atoms with Crippen LogP contribution in [-0.4, -0.2) is 27.5 Å². The van der Waals surface area contributed by atoms with Gasteiger partial charge in [-0.05, 0) is 30.1 Å². The first-order chi connectivity index (χ1) is 11.7. The molecule has 2 rings (SSSR count). The number of hydrogen-bond donors (Lipinski definition) is 0. The van der Waals surface area contributed by atoms with Crippen molar-refractivity contribution >= 4 is 14.3 Å². The number of allylic oxidation sites excluding steroid dienone is 1. The van der Waals surface area contributed by atoms with Gasteiger partial charge >= 0.3 is 5.97 Å². The fraction of sp³-hybridized carbons (Fsp3) is 0.476. The summed E-state index contributed by atoms with van der Waals surface area (Å²) in [5.41, 5.74) is 1.84. The summed E-state index contributed by atoms with van der Waals surface area (Å²) in [7, 11) is -0.514. The number of esters is 1. The molecule has 1 aliphatic carbocycles. The predicted molar refractivity (Wildman–Crippen MR) is 105 cm³/mol. The van der Waals surface area contributed by atoms with Crippen LogP contribution in [0, 0.1) is 0 Å². The summed E-state index contributed by atoms with van der Waals surface area (Å²) in [6, 6.07) is 10.2. The molecule has 0 unspecified atom stereocenters. The van der Waals surface area contributed by atoms with E-state index in [0.29, 0.717) is 12.0 Å². The second-order valence-electron chi connectivity index (χ2n) is 8.10. The van der Waals surface area contributed by atoms with Gasteiger partial charge in [-0.2, -0.15) is 0 Å². The Morgan fingerprint density at radius 1 is 1.16 bits per heavy atom. The maximum Gasteiger partial charge on any atom is 0.333 e. The zero-order valence-electron chi connectivity index (χ0n) is 16.2. The quantitative estimate of drug-likeness (QED) is 0.420. The van der Waals surface area contributed by atoms with Crippen LogP contribution in [0.2, 0.25) is 18.1 Å². The van der Waals surface area contributed by atoms with Gasteiger partial charge in [0.2, 0.25) is 0 Å². The summed E-state index contributed by atoms with van der Waals surface area (Å²) >= 11 is 0. The van der Waals surface area contributed by atoms with Crippen LogP contribution in [0.3, 0.4) is 0 Å². The first-order valence-electron chi connectivity index (χ1n) is 8.84. The topological polar surface area (TPSA) is 35.5 Å². The molecular weight excluding hydrogens is 328 g/mol. The maximum absolute atomic E-state index is 12.1. The summed E-state index contributed by atoms with van der Waals surface area (Å²) in [4.78, 5) is 12.1. The Bertz CT molecular complexity index is 653. The van der Waals surface area contributed by atoms with E-state index in [0.717, 1.165) is 5.56 Å². The highest BCUT2D eigenvalue weighted by Crippen LogP contribution is 2.40. The molecule has 0 bridgehead atoms. The highest BCUT2D eigenvalue weighted by Gasteiger charge is 2.40. The lowest BCUT2D eigenvalue weighted by Gasteiger charge is -2.40. The van der Waals surface area contributed by atoms with E-state index in [2.05, 4.69) is 52.1 Å². The highest BCUT2D eigenvalue weighted by molar-refractivity contribution is 6.74. The number of hydrogen-bond acceptors (Lipinski definition) is 3.